The number of benzene rings is 3. The Hall–Kier alpha value is -3.40. The Morgan fingerprint density at radius 1 is 0.820 bits per heavy atom. The van der Waals surface area contributed by atoms with Gasteiger partial charge in [-0.1, -0.05) is 72.8 Å². The molecule has 20 heteroatoms. The average Bonchev–Trinajstić information content (AvgIpc) is 3.77. The fraction of sp³-hybridized carbons (Fsp3) is 0.300. The summed E-state index contributed by atoms with van der Waals surface area (Å²) >= 11 is 0. The summed E-state index contributed by atoms with van der Waals surface area (Å²) in [6, 6.07) is 21.3. The van der Waals surface area contributed by atoms with Gasteiger partial charge in [0, 0.05) is 12.6 Å². The van der Waals surface area contributed by atoms with E-state index in [2.05, 4.69) is 23.6 Å². The minimum absolute atomic E-state index is 0.126. The zero-order valence-corrected chi connectivity index (χ0v) is 28.6. The van der Waals surface area contributed by atoms with E-state index in [-0.39, 0.29) is 11.4 Å². The second-order valence-corrected chi connectivity index (χ2v) is 16.5. The average molecular weight is 745 g/mol. The number of nitrogens with two attached hydrogens (primary N) is 1. The number of imidazole rings is 1. The van der Waals surface area contributed by atoms with Crippen molar-refractivity contribution in [3.63, 3.8) is 0 Å². The summed E-state index contributed by atoms with van der Waals surface area (Å²) in [6.07, 6.45) is -1.64. The molecule has 17 nitrogen and oxygen atoms in total. The summed E-state index contributed by atoms with van der Waals surface area (Å²) in [6.45, 7) is -0.790. The molecule has 2 aromatic heterocycles. The lowest BCUT2D eigenvalue weighted by Gasteiger charge is -2.35. The van der Waals surface area contributed by atoms with Crippen LogP contribution < -0.4 is 20.4 Å². The van der Waals surface area contributed by atoms with Crippen molar-refractivity contribution >= 4 is 51.0 Å². The number of nitrogens with zero attached hydrogens (tertiary/aromatic N) is 4. The molecule has 264 valence electrons. The van der Waals surface area contributed by atoms with Crippen molar-refractivity contribution < 1.29 is 55.7 Å². The van der Waals surface area contributed by atoms with E-state index >= 15 is 0 Å². The van der Waals surface area contributed by atoms with Gasteiger partial charge in [-0.25, -0.2) is 19.3 Å². The Bertz CT molecular complexity index is 2150. The first-order chi connectivity index (χ1) is 23.9. The minimum atomic E-state index is -6.01. The van der Waals surface area contributed by atoms with Crippen molar-refractivity contribution in [3.8, 4) is 0 Å². The Morgan fingerprint density at radius 3 is 2.38 bits per heavy atom. The highest BCUT2D eigenvalue weighted by Gasteiger charge is 2.54. The number of phosphoric ester groups is 1. The topological polar surface area (TPSA) is 245 Å². The lowest BCUT2D eigenvalue weighted by Crippen LogP contribution is -2.32. The largest absolute Gasteiger partial charge is 0.778 e. The first kappa shape index (κ1) is 35.0. The number of hydrogen-bond acceptors (Lipinski definition) is 16. The Kier molecular flexibility index (Phi) is 9.78. The van der Waals surface area contributed by atoms with Gasteiger partial charge in [-0.3, -0.25) is 18.0 Å². The molecule has 0 radical (unpaired) electrons. The predicted octanol–water partition coefficient (Wildman–Crippen LogP) is 2.94. The van der Waals surface area contributed by atoms with Gasteiger partial charge in [0.15, 0.2) is 24.0 Å². The van der Waals surface area contributed by atoms with Gasteiger partial charge in [0.1, 0.15) is 37.8 Å². The van der Waals surface area contributed by atoms with Crippen LogP contribution in [0.2, 0.25) is 0 Å². The zero-order chi connectivity index (χ0) is 35.1. The van der Waals surface area contributed by atoms with Gasteiger partial charge in [-0.2, -0.15) is 0 Å². The number of aromatic nitrogens is 4. The summed E-state index contributed by atoms with van der Waals surface area (Å²) in [7, 11) is -17.0. The molecule has 0 spiro atoms. The lowest BCUT2D eigenvalue weighted by atomic mass is 10.1. The van der Waals surface area contributed by atoms with Crippen LogP contribution in [0.4, 0.5) is 5.82 Å². The van der Waals surface area contributed by atoms with Crippen LogP contribution in [0.15, 0.2) is 85.5 Å². The SMILES string of the molecule is Nc1ncnc2c1ncn2[C@@H]1O[C@H](COP(=O)([O-])OP(=O)([O-])OP(=O)([O-])Cc2cccc3ccccc23)C2OC(CCc3ccccc3)O[C@@H]21. The summed E-state index contributed by atoms with van der Waals surface area (Å²) in [5.41, 5.74) is 7.84. The molecule has 2 aliphatic heterocycles. The molecular formula is C30H29N5O12P3-3. The monoisotopic (exact) mass is 744 g/mol. The number of hydrogen-bond donors (Lipinski definition) is 1. The summed E-state index contributed by atoms with van der Waals surface area (Å²) < 4.78 is 71.3. The molecule has 5 aromatic rings. The standard InChI is InChI=1S/C30H32N5O12P3/c31-28-25-29(33-17-32-28)35(18-34-25)30-27-26(44-24(45-27)14-13-19-7-2-1-3-8-19)23(43-30)15-42-49(38,39)47-50(40,41)46-48(36,37)16-21-11-6-10-20-9-4-5-12-22(20)21/h1-12,17-18,23-24,26-27,30H,13-16H2,(H,36,37)(H,38,39)(H,40,41)(H2,31,32,33)/p-3/t23-,24?,26?,27+,30-/m1/s1. The molecule has 0 saturated carbocycles. The van der Waals surface area contributed by atoms with E-state index in [0.717, 1.165) is 5.56 Å². The molecule has 5 unspecified atom stereocenters. The van der Waals surface area contributed by atoms with Crippen molar-refractivity contribution in [3.05, 3.63) is 96.6 Å². The molecule has 0 aliphatic carbocycles. The third kappa shape index (κ3) is 7.75. The summed E-state index contributed by atoms with van der Waals surface area (Å²) in [5.74, 6) is 0.126. The quantitative estimate of drug-likeness (QED) is 0.170. The molecular weight excluding hydrogens is 715 g/mol. The van der Waals surface area contributed by atoms with E-state index in [1.165, 1.54) is 23.3 Å². The third-order valence-corrected chi connectivity index (χ3v) is 12.7. The normalized spacial score (nSPS) is 25.6. The van der Waals surface area contributed by atoms with Gasteiger partial charge < -0.3 is 43.7 Å². The number of phosphoric acid groups is 2. The lowest BCUT2D eigenvalue weighted by molar-refractivity contribution is -0.246. The molecule has 3 aromatic carbocycles. The van der Waals surface area contributed by atoms with Crippen molar-refractivity contribution in [1.82, 2.24) is 19.5 Å². The van der Waals surface area contributed by atoms with Gasteiger partial charge in [-0.05, 0) is 28.3 Å². The number of aryl methyl sites for hydroxylation is 1. The summed E-state index contributed by atoms with van der Waals surface area (Å²) in [5, 5.41) is 1.25. The van der Waals surface area contributed by atoms with Gasteiger partial charge in [0.05, 0.1) is 12.9 Å². The molecule has 8 atom stereocenters. The molecule has 2 fully saturated rings. The molecule has 2 saturated heterocycles. The second kappa shape index (κ2) is 14.0. The van der Waals surface area contributed by atoms with Crippen molar-refractivity contribution in [2.75, 3.05) is 12.3 Å². The van der Waals surface area contributed by atoms with Crippen LogP contribution in [0.5, 0.6) is 0 Å². The van der Waals surface area contributed by atoms with E-state index in [1.54, 1.807) is 36.4 Å². The van der Waals surface area contributed by atoms with Crippen LogP contribution >= 0.6 is 23.2 Å². The van der Waals surface area contributed by atoms with Crippen molar-refractivity contribution in [1.29, 1.82) is 0 Å². The highest BCUT2D eigenvalue weighted by Crippen LogP contribution is 2.63. The van der Waals surface area contributed by atoms with Gasteiger partial charge in [0.2, 0.25) is 0 Å². The maximum Gasteiger partial charge on any atom is 0.279 e. The Balaban J connectivity index is 1.03. The highest BCUT2D eigenvalue weighted by molar-refractivity contribution is 7.66. The van der Waals surface area contributed by atoms with Crippen molar-refractivity contribution in [2.24, 2.45) is 0 Å². The molecule has 2 aliphatic rings. The van der Waals surface area contributed by atoms with Crippen LogP contribution in [0, 0.1) is 0 Å². The van der Waals surface area contributed by atoms with Crippen LogP contribution in [0.1, 0.15) is 23.8 Å². The molecule has 4 heterocycles. The Morgan fingerprint density at radius 2 is 1.56 bits per heavy atom. The van der Waals surface area contributed by atoms with E-state index in [0.29, 0.717) is 34.8 Å². The van der Waals surface area contributed by atoms with Crippen LogP contribution in [-0.4, -0.2) is 50.7 Å². The highest BCUT2D eigenvalue weighted by atomic mass is 31.3. The van der Waals surface area contributed by atoms with Crippen LogP contribution in [0.3, 0.4) is 0 Å². The van der Waals surface area contributed by atoms with E-state index in [4.69, 9.17) is 24.5 Å². The predicted molar refractivity (Wildman–Crippen MR) is 171 cm³/mol. The van der Waals surface area contributed by atoms with Crippen molar-refractivity contribution in [2.45, 2.75) is 49.8 Å². The number of rotatable bonds is 13. The van der Waals surface area contributed by atoms with E-state index in [1.807, 2.05) is 30.3 Å². The minimum Gasteiger partial charge on any atom is -0.778 e. The fourth-order valence-electron chi connectivity index (χ4n) is 6.03. The maximum absolute atomic E-state index is 12.7. The van der Waals surface area contributed by atoms with Crippen LogP contribution in [0.25, 0.3) is 21.9 Å². The van der Waals surface area contributed by atoms with Crippen LogP contribution in [-0.2, 0) is 53.6 Å². The third-order valence-electron chi connectivity index (χ3n) is 8.14. The molecule has 0 amide bonds. The number of fused-ring (bicyclic) bond motifs is 3. The number of ether oxygens (including phenoxy) is 3. The first-order valence-corrected chi connectivity index (χ1v) is 19.9. The molecule has 7 rings (SSSR count). The molecule has 0 bridgehead atoms. The number of anilines is 1. The fourth-order valence-corrected chi connectivity index (χ4v) is 10.1. The Labute approximate surface area is 284 Å². The van der Waals surface area contributed by atoms with E-state index < -0.39 is 66.8 Å². The van der Waals surface area contributed by atoms with E-state index in [9.17, 15) is 28.4 Å². The molecule has 50 heavy (non-hydrogen) atoms. The van der Waals surface area contributed by atoms with Gasteiger partial charge in [0.25, 0.3) is 15.6 Å². The second-order valence-electron chi connectivity index (χ2n) is 11.6. The number of nitrogen functional groups attached to an aromatic ring is 1. The summed E-state index contributed by atoms with van der Waals surface area (Å²) in [4.78, 5) is 50.4. The smallest absolute Gasteiger partial charge is 0.279 e. The van der Waals surface area contributed by atoms with Gasteiger partial charge in [-0.15, -0.1) is 0 Å². The van der Waals surface area contributed by atoms with Gasteiger partial charge >= 0.3 is 0 Å². The zero-order valence-electron chi connectivity index (χ0n) is 25.9. The molecule has 2 N–H and O–H groups in total. The maximum atomic E-state index is 12.7. The first-order valence-electron chi connectivity index (χ1n) is 15.3.